The van der Waals surface area contributed by atoms with E-state index in [0.29, 0.717) is 12.3 Å². The van der Waals surface area contributed by atoms with Crippen molar-refractivity contribution < 1.29 is 14.0 Å². The maximum absolute atomic E-state index is 12.9. The molecule has 0 aliphatic heterocycles. The summed E-state index contributed by atoms with van der Waals surface area (Å²) in [5, 5.41) is 2.69. The SMILES string of the molecule is CCCCN(C)C(=O)c1cn(C(C)CC)cc(C(=O)NCc2ccco2)c1=O. The van der Waals surface area contributed by atoms with Crippen LogP contribution < -0.4 is 10.7 Å². The Bertz CT molecular complexity index is 855. The number of amides is 2. The van der Waals surface area contributed by atoms with E-state index >= 15 is 0 Å². The molecule has 2 heterocycles. The molecule has 0 spiro atoms. The number of carbonyl (C=O) groups is 2. The Morgan fingerprint density at radius 3 is 2.57 bits per heavy atom. The zero-order valence-corrected chi connectivity index (χ0v) is 17.0. The van der Waals surface area contributed by atoms with Crippen molar-refractivity contribution >= 4 is 11.8 Å². The zero-order chi connectivity index (χ0) is 20.7. The summed E-state index contributed by atoms with van der Waals surface area (Å²) in [6, 6.07) is 3.51. The first kappa shape index (κ1) is 21.5. The number of nitrogens with zero attached hydrogens (tertiary/aromatic N) is 2. The second-order valence-electron chi connectivity index (χ2n) is 6.96. The average molecular weight is 387 g/mol. The van der Waals surface area contributed by atoms with Crippen molar-refractivity contribution in [2.75, 3.05) is 13.6 Å². The first-order valence-electron chi connectivity index (χ1n) is 9.70. The van der Waals surface area contributed by atoms with E-state index in [1.165, 1.54) is 17.4 Å². The van der Waals surface area contributed by atoms with Crippen molar-refractivity contribution in [2.24, 2.45) is 0 Å². The lowest BCUT2D eigenvalue weighted by molar-refractivity contribution is 0.0791. The van der Waals surface area contributed by atoms with Gasteiger partial charge in [-0.15, -0.1) is 0 Å². The summed E-state index contributed by atoms with van der Waals surface area (Å²) < 4.78 is 6.97. The monoisotopic (exact) mass is 387 g/mol. The van der Waals surface area contributed by atoms with Gasteiger partial charge in [-0.05, 0) is 31.9 Å². The second-order valence-corrected chi connectivity index (χ2v) is 6.96. The van der Waals surface area contributed by atoms with Crippen LogP contribution in [-0.4, -0.2) is 34.9 Å². The quantitative estimate of drug-likeness (QED) is 0.716. The third kappa shape index (κ3) is 5.12. The fourth-order valence-corrected chi connectivity index (χ4v) is 2.76. The average Bonchev–Trinajstić information content (AvgIpc) is 3.22. The van der Waals surface area contributed by atoms with Gasteiger partial charge >= 0.3 is 0 Å². The van der Waals surface area contributed by atoms with Crippen molar-refractivity contribution in [3.63, 3.8) is 0 Å². The first-order chi connectivity index (χ1) is 13.4. The molecule has 0 saturated heterocycles. The lowest BCUT2D eigenvalue weighted by Crippen LogP contribution is -2.36. The molecule has 0 radical (unpaired) electrons. The minimum atomic E-state index is -0.551. The zero-order valence-electron chi connectivity index (χ0n) is 17.0. The van der Waals surface area contributed by atoms with Crippen molar-refractivity contribution in [2.45, 2.75) is 52.6 Å². The standard InChI is InChI=1S/C21H29N3O4/c1-5-7-10-23(4)21(27)18-14-24(15(3)6-2)13-17(19(18)25)20(26)22-12-16-9-8-11-28-16/h8-9,11,13-15H,5-7,10,12H2,1-4H3,(H,22,26). The summed E-state index contributed by atoms with van der Waals surface area (Å²) in [6.45, 7) is 6.76. The van der Waals surface area contributed by atoms with Gasteiger partial charge in [-0.3, -0.25) is 14.4 Å². The minimum absolute atomic E-state index is 0.0181. The maximum Gasteiger partial charge on any atom is 0.259 e. The molecule has 0 saturated carbocycles. The summed E-state index contributed by atoms with van der Waals surface area (Å²) in [5.41, 5.74) is -0.573. The number of hydrogen-bond donors (Lipinski definition) is 1. The fraction of sp³-hybridized carbons (Fsp3) is 0.476. The highest BCUT2D eigenvalue weighted by molar-refractivity contribution is 5.99. The summed E-state index contributed by atoms with van der Waals surface area (Å²) in [4.78, 5) is 39.9. The van der Waals surface area contributed by atoms with Gasteiger partial charge in [-0.1, -0.05) is 20.3 Å². The van der Waals surface area contributed by atoms with Crippen molar-refractivity contribution in [3.05, 3.63) is 57.9 Å². The van der Waals surface area contributed by atoms with E-state index in [0.717, 1.165) is 19.3 Å². The Morgan fingerprint density at radius 1 is 1.25 bits per heavy atom. The largest absolute Gasteiger partial charge is 0.467 e. The van der Waals surface area contributed by atoms with Gasteiger partial charge in [0.15, 0.2) is 0 Å². The molecule has 152 valence electrons. The molecule has 1 N–H and O–H groups in total. The van der Waals surface area contributed by atoms with Crippen molar-refractivity contribution in [1.82, 2.24) is 14.8 Å². The molecule has 0 fully saturated rings. The maximum atomic E-state index is 12.9. The number of unbranched alkanes of at least 4 members (excludes halogenated alkanes) is 1. The molecular formula is C21H29N3O4. The minimum Gasteiger partial charge on any atom is -0.467 e. The molecule has 1 unspecified atom stereocenters. The molecule has 0 bridgehead atoms. The normalized spacial score (nSPS) is 11.9. The van der Waals surface area contributed by atoms with E-state index in [1.54, 1.807) is 29.9 Å². The van der Waals surface area contributed by atoms with Crippen LogP contribution >= 0.6 is 0 Å². The number of nitrogens with one attached hydrogen (secondary N) is 1. The molecular weight excluding hydrogens is 358 g/mol. The van der Waals surface area contributed by atoms with Crippen LogP contribution in [0.25, 0.3) is 0 Å². The van der Waals surface area contributed by atoms with Gasteiger partial charge in [-0.2, -0.15) is 0 Å². The second kappa shape index (κ2) is 9.92. The third-order valence-corrected chi connectivity index (χ3v) is 4.82. The molecule has 0 aromatic carbocycles. The topological polar surface area (TPSA) is 84.6 Å². The number of carbonyl (C=O) groups excluding carboxylic acids is 2. The summed E-state index contributed by atoms with van der Waals surface area (Å²) in [5.74, 6) is -0.303. The van der Waals surface area contributed by atoms with E-state index in [-0.39, 0.29) is 29.6 Å². The lowest BCUT2D eigenvalue weighted by Gasteiger charge is -2.20. The molecule has 2 aromatic rings. The van der Waals surface area contributed by atoms with Gasteiger partial charge in [0.1, 0.15) is 16.9 Å². The first-order valence-corrected chi connectivity index (χ1v) is 9.70. The fourth-order valence-electron chi connectivity index (χ4n) is 2.76. The smallest absolute Gasteiger partial charge is 0.259 e. The summed E-state index contributed by atoms with van der Waals surface area (Å²) in [6.07, 6.45) is 7.20. The van der Waals surface area contributed by atoms with Crippen LogP contribution in [0.1, 0.15) is 72.6 Å². The Morgan fingerprint density at radius 2 is 1.96 bits per heavy atom. The van der Waals surface area contributed by atoms with Gasteiger partial charge in [0.2, 0.25) is 5.43 Å². The van der Waals surface area contributed by atoms with Gasteiger partial charge in [0, 0.05) is 32.0 Å². The van der Waals surface area contributed by atoms with Crippen molar-refractivity contribution in [3.8, 4) is 0 Å². The van der Waals surface area contributed by atoms with E-state index < -0.39 is 11.3 Å². The van der Waals surface area contributed by atoms with E-state index in [9.17, 15) is 14.4 Å². The Labute approximate surface area is 165 Å². The highest BCUT2D eigenvalue weighted by Crippen LogP contribution is 2.13. The molecule has 2 rings (SSSR count). The van der Waals surface area contributed by atoms with Gasteiger partial charge in [0.25, 0.3) is 11.8 Å². The molecule has 1 atom stereocenters. The van der Waals surface area contributed by atoms with Gasteiger partial charge in [-0.25, -0.2) is 0 Å². The van der Waals surface area contributed by atoms with Crippen LogP contribution in [-0.2, 0) is 6.54 Å². The highest BCUT2D eigenvalue weighted by Gasteiger charge is 2.22. The van der Waals surface area contributed by atoms with E-state index in [2.05, 4.69) is 5.32 Å². The van der Waals surface area contributed by atoms with Crippen LogP contribution in [0, 0.1) is 0 Å². The van der Waals surface area contributed by atoms with Crippen LogP contribution in [0.3, 0.4) is 0 Å². The Kier molecular flexibility index (Phi) is 7.61. The van der Waals surface area contributed by atoms with Crippen molar-refractivity contribution in [1.29, 1.82) is 0 Å². The third-order valence-electron chi connectivity index (χ3n) is 4.82. The highest BCUT2D eigenvalue weighted by atomic mass is 16.3. The van der Waals surface area contributed by atoms with Crippen LogP contribution in [0.4, 0.5) is 0 Å². The summed E-state index contributed by atoms with van der Waals surface area (Å²) >= 11 is 0. The summed E-state index contributed by atoms with van der Waals surface area (Å²) in [7, 11) is 1.68. The lowest BCUT2D eigenvalue weighted by atomic mass is 10.1. The number of aromatic nitrogens is 1. The van der Waals surface area contributed by atoms with Crippen LogP contribution in [0.15, 0.2) is 40.0 Å². The predicted octanol–water partition coefficient (Wildman–Crippen LogP) is 3.21. The molecule has 2 aromatic heterocycles. The molecule has 7 nitrogen and oxygen atoms in total. The van der Waals surface area contributed by atoms with Gasteiger partial charge in [0.05, 0.1) is 12.8 Å². The Balaban J connectivity index is 2.36. The molecule has 0 aliphatic carbocycles. The number of rotatable bonds is 9. The van der Waals surface area contributed by atoms with Crippen LogP contribution in [0.5, 0.6) is 0 Å². The number of furan rings is 1. The molecule has 7 heteroatoms. The Hall–Kier alpha value is -2.83. The van der Waals surface area contributed by atoms with E-state index in [4.69, 9.17) is 4.42 Å². The molecule has 0 aliphatic rings. The van der Waals surface area contributed by atoms with Crippen LogP contribution in [0.2, 0.25) is 0 Å². The number of pyridine rings is 1. The predicted molar refractivity (Wildman–Crippen MR) is 107 cm³/mol. The molecule has 2 amide bonds. The molecule has 28 heavy (non-hydrogen) atoms. The van der Waals surface area contributed by atoms with Gasteiger partial charge < -0.3 is 19.2 Å². The van der Waals surface area contributed by atoms with E-state index in [1.807, 2.05) is 20.8 Å². The number of hydrogen-bond acceptors (Lipinski definition) is 4.